The van der Waals surface area contributed by atoms with Crippen molar-refractivity contribution >= 4 is 24.3 Å². The summed E-state index contributed by atoms with van der Waals surface area (Å²) in [5, 5.41) is 21.2. The van der Waals surface area contributed by atoms with E-state index in [0.717, 1.165) is 16.7 Å². The van der Waals surface area contributed by atoms with E-state index in [1.54, 1.807) is 24.3 Å². The maximum absolute atomic E-state index is 9.52. The van der Waals surface area contributed by atoms with Crippen LogP contribution in [0.2, 0.25) is 0 Å². The largest absolute Gasteiger partial charge is 0.508 e. The molecule has 2 aromatic rings. The molecule has 0 saturated heterocycles. The van der Waals surface area contributed by atoms with Gasteiger partial charge in [0.1, 0.15) is 11.5 Å². The van der Waals surface area contributed by atoms with Gasteiger partial charge in [0.05, 0.1) is 12.8 Å². The Labute approximate surface area is 135 Å². The van der Waals surface area contributed by atoms with E-state index in [0.29, 0.717) is 24.5 Å². The predicted octanol–water partition coefficient (Wildman–Crippen LogP) is 3.13. The van der Waals surface area contributed by atoms with Crippen molar-refractivity contribution in [3.8, 4) is 11.5 Å². The number of aryl methyl sites for hydroxylation is 1. The predicted molar refractivity (Wildman–Crippen MR) is 89.5 cm³/mol. The highest BCUT2D eigenvalue weighted by molar-refractivity contribution is 5.85. The lowest BCUT2D eigenvalue weighted by Crippen LogP contribution is -2.04. The van der Waals surface area contributed by atoms with Gasteiger partial charge in [0.25, 0.3) is 0 Å². The third kappa shape index (κ3) is 4.86. The van der Waals surface area contributed by atoms with Gasteiger partial charge in [-0.25, -0.2) is 0 Å². The number of anilines is 1. The van der Waals surface area contributed by atoms with E-state index in [2.05, 4.69) is 5.16 Å². The number of hydrogen-bond donors (Lipinski definition) is 3. The summed E-state index contributed by atoms with van der Waals surface area (Å²) in [7, 11) is 0. The van der Waals surface area contributed by atoms with Crippen molar-refractivity contribution in [3.63, 3.8) is 0 Å². The van der Waals surface area contributed by atoms with Gasteiger partial charge in [0.2, 0.25) is 0 Å². The number of hydrogen-bond acceptors (Lipinski definition) is 5. The number of rotatable bonds is 5. The first kappa shape index (κ1) is 17.7. The van der Waals surface area contributed by atoms with Gasteiger partial charge in [0, 0.05) is 23.7 Å². The van der Waals surface area contributed by atoms with Crippen LogP contribution in [0.5, 0.6) is 11.5 Å². The zero-order chi connectivity index (χ0) is 15.2. The van der Waals surface area contributed by atoms with E-state index < -0.39 is 0 Å². The van der Waals surface area contributed by atoms with Gasteiger partial charge in [-0.05, 0) is 42.3 Å². The molecule has 2 aromatic carbocycles. The second-order valence-corrected chi connectivity index (χ2v) is 4.81. The summed E-state index contributed by atoms with van der Waals surface area (Å²) < 4.78 is 5.64. The first-order valence-electron chi connectivity index (χ1n) is 6.58. The summed E-state index contributed by atoms with van der Waals surface area (Å²) in [5.41, 5.74) is 8.98. The minimum atomic E-state index is 0. The second kappa shape index (κ2) is 8.14. The van der Waals surface area contributed by atoms with Crippen molar-refractivity contribution in [2.45, 2.75) is 13.3 Å². The van der Waals surface area contributed by atoms with Gasteiger partial charge in [0.15, 0.2) is 0 Å². The Morgan fingerprint density at radius 1 is 1.23 bits per heavy atom. The van der Waals surface area contributed by atoms with E-state index >= 15 is 0 Å². The van der Waals surface area contributed by atoms with E-state index in [-0.39, 0.29) is 18.2 Å². The monoisotopic (exact) mass is 322 g/mol. The first-order valence-corrected chi connectivity index (χ1v) is 6.58. The molecule has 0 fully saturated rings. The molecule has 0 bridgehead atoms. The molecule has 0 radical (unpaired) electrons. The zero-order valence-electron chi connectivity index (χ0n) is 12.2. The molecule has 4 N–H and O–H groups in total. The molecule has 0 atom stereocenters. The number of ether oxygens (including phenoxy) is 1. The molecular formula is C16H19ClN2O3. The summed E-state index contributed by atoms with van der Waals surface area (Å²) in [4.78, 5) is 0. The minimum Gasteiger partial charge on any atom is -0.508 e. The maximum Gasteiger partial charge on any atom is 0.123 e. The van der Waals surface area contributed by atoms with Crippen LogP contribution in [0.4, 0.5) is 5.69 Å². The third-order valence-electron chi connectivity index (χ3n) is 3.04. The lowest BCUT2D eigenvalue weighted by molar-refractivity contribution is 0.318. The Hall–Kier alpha value is -2.40. The summed E-state index contributed by atoms with van der Waals surface area (Å²) >= 11 is 0. The van der Waals surface area contributed by atoms with Gasteiger partial charge in [-0.15, -0.1) is 12.4 Å². The highest BCUT2D eigenvalue weighted by atomic mass is 35.5. The van der Waals surface area contributed by atoms with Crippen LogP contribution in [0.25, 0.3) is 0 Å². The number of nitrogen functional groups attached to an aromatic ring is 1. The van der Waals surface area contributed by atoms with Crippen LogP contribution in [0.1, 0.15) is 16.7 Å². The average molecular weight is 323 g/mol. The fourth-order valence-electron chi connectivity index (χ4n) is 2.11. The fraction of sp³-hybridized carbons (Fsp3) is 0.188. The molecule has 0 spiro atoms. The molecule has 22 heavy (non-hydrogen) atoms. The number of nitrogens with zero attached hydrogens (tertiary/aromatic N) is 1. The molecule has 6 heteroatoms. The van der Waals surface area contributed by atoms with Gasteiger partial charge in [-0.3, -0.25) is 0 Å². The summed E-state index contributed by atoms with van der Waals surface area (Å²) in [6.07, 6.45) is 1.99. The Bertz CT molecular complexity index is 640. The normalized spacial score (nSPS) is 10.4. The molecule has 0 aliphatic rings. The van der Waals surface area contributed by atoms with Crippen LogP contribution in [0, 0.1) is 6.92 Å². The van der Waals surface area contributed by atoms with Gasteiger partial charge >= 0.3 is 0 Å². The average Bonchev–Trinajstić information content (AvgIpc) is 2.40. The Morgan fingerprint density at radius 3 is 2.68 bits per heavy atom. The number of oxime groups is 1. The highest BCUT2D eigenvalue weighted by Gasteiger charge is 2.03. The number of aromatic hydroxyl groups is 1. The molecule has 2 rings (SSSR count). The molecule has 118 valence electrons. The number of phenols is 1. The molecule has 0 heterocycles. The fourth-order valence-corrected chi connectivity index (χ4v) is 2.11. The van der Waals surface area contributed by atoms with E-state index in [1.807, 2.05) is 19.1 Å². The standard InChI is InChI=1S/C16H18N2O3.ClH/c1-11-6-15(19)9-16(7-11)21-5-4-12-2-3-14(17)8-13(12)10-18-20;/h2-3,6-10,19-20H,4-5,17H2,1H3;1H/b18-10-;. The quantitative estimate of drug-likeness (QED) is 0.341. The van der Waals surface area contributed by atoms with Crippen LogP contribution in [-0.2, 0) is 6.42 Å². The van der Waals surface area contributed by atoms with Crippen LogP contribution in [0.3, 0.4) is 0 Å². The van der Waals surface area contributed by atoms with E-state index in [1.165, 1.54) is 6.21 Å². The van der Waals surface area contributed by atoms with Crippen molar-refractivity contribution in [2.75, 3.05) is 12.3 Å². The first-order chi connectivity index (χ1) is 10.1. The van der Waals surface area contributed by atoms with Crippen LogP contribution in [-0.4, -0.2) is 23.1 Å². The molecule has 0 amide bonds. The van der Waals surface area contributed by atoms with E-state index in [9.17, 15) is 5.11 Å². The van der Waals surface area contributed by atoms with Crippen LogP contribution >= 0.6 is 12.4 Å². The van der Waals surface area contributed by atoms with E-state index in [4.69, 9.17) is 15.7 Å². The molecular weight excluding hydrogens is 304 g/mol. The Morgan fingerprint density at radius 2 is 2.00 bits per heavy atom. The van der Waals surface area contributed by atoms with Crippen molar-refractivity contribution in [2.24, 2.45) is 5.16 Å². The molecule has 0 saturated carbocycles. The van der Waals surface area contributed by atoms with Crippen molar-refractivity contribution < 1.29 is 15.1 Å². The zero-order valence-corrected chi connectivity index (χ0v) is 13.0. The van der Waals surface area contributed by atoms with Crippen molar-refractivity contribution in [1.29, 1.82) is 0 Å². The molecule has 0 aliphatic heterocycles. The van der Waals surface area contributed by atoms with Crippen LogP contribution in [0.15, 0.2) is 41.6 Å². The smallest absolute Gasteiger partial charge is 0.123 e. The highest BCUT2D eigenvalue weighted by Crippen LogP contribution is 2.21. The molecule has 0 unspecified atom stereocenters. The van der Waals surface area contributed by atoms with Gasteiger partial charge in [-0.2, -0.15) is 0 Å². The number of nitrogens with two attached hydrogens (primary N) is 1. The topological polar surface area (TPSA) is 88.1 Å². The Balaban J connectivity index is 0.00000242. The second-order valence-electron chi connectivity index (χ2n) is 4.81. The summed E-state index contributed by atoms with van der Waals surface area (Å²) in [6.45, 7) is 2.33. The van der Waals surface area contributed by atoms with Crippen molar-refractivity contribution in [1.82, 2.24) is 0 Å². The molecule has 0 aromatic heterocycles. The number of phenolic OH excluding ortho intramolecular Hbond substituents is 1. The lowest BCUT2D eigenvalue weighted by Gasteiger charge is -2.10. The maximum atomic E-state index is 9.52. The number of halogens is 1. The van der Waals surface area contributed by atoms with Gasteiger partial charge in [-0.1, -0.05) is 11.2 Å². The minimum absolute atomic E-state index is 0. The van der Waals surface area contributed by atoms with Crippen LogP contribution < -0.4 is 10.5 Å². The molecule has 5 nitrogen and oxygen atoms in total. The SMILES string of the molecule is Cc1cc(O)cc(OCCc2ccc(N)cc2/C=N\O)c1.Cl. The summed E-state index contributed by atoms with van der Waals surface area (Å²) in [5.74, 6) is 0.811. The lowest BCUT2D eigenvalue weighted by atomic mass is 10.0. The number of benzene rings is 2. The van der Waals surface area contributed by atoms with Gasteiger partial charge < -0.3 is 20.8 Å². The Kier molecular flexibility index (Phi) is 6.53. The summed E-state index contributed by atoms with van der Waals surface area (Å²) in [6, 6.07) is 10.5. The molecule has 0 aliphatic carbocycles. The van der Waals surface area contributed by atoms with Crippen molar-refractivity contribution in [3.05, 3.63) is 53.1 Å². The third-order valence-corrected chi connectivity index (χ3v) is 3.04.